The lowest BCUT2D eigenvalue weighted by Gasteiger charge is -2.07. The Kier molecular flexibility index (Phi) is 4.83. The predicted molar refractivity (Wildman–Crippen MR) is 72.2 cm³/mol. The Labute approximate surface area is 120 Å². The Morgan fingerprint density at radius 2 is 2.33 bits per heavy atom. The molecular formula is C13H15FN4O3. The Bertz CT molecular complexity index is 630. The van der Waals surface area contributed by atoms with Gasteiger partial charge in [-0.3, -0.25) is 0 Å². The van der Waals surface area contributed by atoms with E-state index in [1.807, 2.05) is 0 Å². The Balaban J connectivity index is 2.04. The summed E-state index contributed by atoms with van der Waals surface area (Å²) in [6.07, 6.45) is 1.69. The van der Waals surface area contributed by atoms with Gasteiger partial charge in [-0.1, -0.05) is 5.21 Å². The van der Waals surface area contributed by atoms with Crippen LogP contribution in [0.3, 0.4) is 0 Å². The highest BCUT2D eigenvalue weighted by Crippen LogP contribution is 2.16. The average molecular weight is 294 g/mol. The van der Waals surface area contributed by atoms with Gasteiger partial charge in [0, 0.05) is 5.69 Å². The molecule has 0 bridgehead atoms. The fourth-order valence-corrected chi connectivity index (χ4v) is 1.73. The number of carbonyl (C=O) groups excluding carboxylic acids is 1. The van der Waals surface area contributed by atoms with Crippen LogP contribution in [0.1, 0.15) is 16.1 Å². The Morgan fingerprint density at radius 1 is 1.52 bits per heavy atom. The number of aliphatic hydroxyl groups is 1. The van der Waals surface area contributed by atoms with Crippen molar-refractivity contribution in [1.29, 1.82) is 0 Å². The Morgan fingerprint density at radius 3 is 3.05 bits per heavy atom. The standard InChI is InChI=1S/C13H15FN4O3/c1-21-13(20)11-6-9(2-3-12(11)14)15-7-10-8-18(4-5-19)17-16-10/h2-3,6,8,15,19H,4-5,7H2,1H3. The van der Waals surface area contributed by atoms with E-state index in [0.29, 0.717) is 24.5 Å². The molecule has 1 aromatic heterocycles. The van der Waals surface area contributed by atoms with Gasteiger partial charge in [0.2, 0.25) is 0 Å². The number of rotatable bonds is 6. The lowest BCUT2D eigenvalue weighted by molar-refractivity contribution is 0.0595. The zero-order chi connectivity index (χ0) is 15.2. The fraction of sp³-hybridized carbons (Fsp3) is 0.308. The molecule has 2 N–H and O–H groups in total. The van der Waals surface area contributed by atoms with Gasteiger partial charge in [-0.2, -0.15) is 0 Å². The first-order valence-corrected chi connectivity index (χ1v) is 6.25. The van der Waals surface area contributed by atoms with Crippen LogP contribution in [-0.2, 0) is 17.8 Å². The number of anilines is 1. The van der Waals surface area contributed by atoms with E-state index < -0.39 is 11.8 Å². The molecule has 1 heterocycles. The molecule has 8 heteroatoms. The number of aliphatic hydroxyl groups excluding tert-OH is 1. The van der Waals surface area contributed by atoms with Crippen LogP contribution in [0.4, 0.5) is 10.1 Å². The largest absolute Gasteiger partial charge is 0.465 e. The number of ether oxygens (including phenoxy) is 1. The van der Waals surface area contributed by atoms with Crippen LogP contribution in [0.25, 0.3) is 0 Å². The normalized spacial score (nSPS) is 10.4. The summed E-state index contributed by atoms with van der Waals surface area (Å²) in [6.45, 7) is 0.713. The van der Waals surface area contributed by atoms with Gasteiger partial charge >= 0.3 is 5.97 Å². The SMILES string of the molecule is COC(=O)c1cc(NCc2cn(CCO)nn2)ccc1F. The number of halogens is 1. The zero-order valence-electron chi connectivity index (χ0n) is 11.4. The number of methoxy groups -OCH3 is 1. The molecule has 0 aliphatic rings. The summed E-state index contributed by atoms with van der Waals surface area (Å²) in [5.41, 5.74) is 1.09. The molecule has 7 nitrogen and oxygen atoms in total. The van der Waals surface area contributed by atoms with Crippen molar-refractivity contribution >= 4 is 11.7 Å². The van der Waals surface area contributed by atoms with Crippen molar-refractivity contribution in [3.63, 3.8) is 0 Å². The van der Waals surface area contributed by atoms with Gasteiger partial charge in [0.25, 0.3) is 0 Å². The van der Waals surface area contributed by atoms with Crippen molar-refractivity contribution in [2.24, 2.45) is 0 Å². The number of hydrogen-bond acceptors (Lipinski definition) is 6. The van der Waals surface area contributed by atoms with Gasteiger partial charge < -0.3 is 15.2 Å². The number of nitrogens with zero attached hydrogens (tertiary/aromatic N) is 3. The van der Waals surface area contributed by atoms with E-state index in [1.54, 1.807) is 6.20 Å². The highest BCUT2D eigenvalue weighted by atomic mass is 19.1. The van der Waals surface area contributed by atoms with E-state index in [0.717, 1.165) is 0 Å². The molecule has 2 aromatic rings. The molecule has 0 unspecified atom stereocenters. The van der Waals surface area contributed by atoms with Crippen LogP contribution >= 0.6 is 0 Å². The van der Waals surface area contributed by atoms with Crippen LogP contribution in [0.15, 0.2) is 24.4 Å². The van der Waals surface area contributed by atoms with Crippen molar-refractivity contribution in [3.8, 4) is 0 Å². The highest BCUT2D eigenvalue weighted by Gasteiger charge is 2.12. The number of hydrogen-bond donors (Lipinski definition) is 2. The first kappa shape index (κ1) is 14.9. The summed E-state index contributed by atoms with van der Waals surface area (Å²) < 4.78 is 19.5. The van der Waals surface area contributed by atoms with Gasteiger partial charge in [-0.05, 0) is 18.2 Å². The Hall–Kier alpha value is -2.48. The van der Waals surface area contributed by atoms with E-state index in [4.69, 9.17) is 5.11 Å². The molecule has 0 spiro atoms. The van der Waals surface area contributed by atoms with Crippen LogP contribution in [0.2, 0.25) is 0 Å². The molecule has 2 rings (SSSR count). The average Bonchev–Trinajstić information content (AvgIpc) is 2.94. The third-order valence-corrected chi connectivity index (χ3v) is 2.76. The topological polar surface area (TPSA) is 89.3 Å². The van der Waals surface area contributed by atoms with Crippen LogP contribution in [0.5, 0.6) is 0 Å². The second kappa shape index (κ2) is 6.80. The minimum Gasteiger partial charge on any atom is -0.465 e. The molecule has 0 amide bonds. The number of esters is 1. The minimum atomic E-state index is -0.731. The van der Waals surface area contributed by atoms with E-state index in [1.165, 1.54) is 30.0 Å². The predicted octanol–water partition coefficient (Wildman–Crippen LogP) is 0.808. The van der Waals surface area contributed by atoms with Crippen molar-refractivity contribution in [3.05, 3.63) is 41.5 Å². The minimum absolute atomic E-state index is 0.0172. The van der Waals surface area contributed by atoms with Crippen molar-refractivity contribution in [2.75, 3.05) is 19.0 Å². The van der Waals surface area contributed by atoms with Crippen LogP contribution < -0.4 is 5.32 Å². The summed E-state index contributed by atoms with van der Waals surface area (Å²) in [5, 5.41) is 19.5. The number of carbonyl (C=O) groups is 1. The number of benzene rings is 1. The molecule has 0 saturated heterocycles. The van der Waals surface area contributed by atoms with Crippen molar-refractivity contribution in [2.45, 2.75) is 13.1 Å². The van der Waals surface area contributed by atoms with E-state index in [9.17, 15) is 9.18 Å². The molecule has 1 aromatic carbocycles. The summed E-state index contributed by atoms with van der Waals surface area (Å²) in [5.74, 6) is -1.37. The summed E-state index contributed by atoms with van der Waals surface area (Å²) in [4.78, 5) is 11.4. The van der Waals surface area contributed by atoms with Crippen LogP contribution in [0, 0.1) is 5.82 Å². The summed E-state index contributed by atoms with van der Waals surface area (Å²) in [6, 6.07) is 4.08. The lowest BCUT2D eigenvalue weighted by atomic mass is 10.2. The maximum absolute atomic E-state index is 13.5. The third kappa shape index (κ3) is 3.76. The third-order valence-electron chi connectivity index (χ3n) is 2.76. The molecule has 0 radical (unpaired) electrons. The summed E-state index contributed by atoms with van der Waals surface area (Å²) in [7, 11) is 1.20. The van der Waals surface area contributed by atoms with E-state index >= 15 is 0 Å². The molecular weight excluding hydrogens is 279 g/mol. The first-order valence-electron chi connectivity index (χ1n) is 6.25. The van der Waals surface area contributed by atoms with Gasteiger partial charge in [-0.15, -0.1) is 5.10 Å². The van der Waals surface area contributed by atoms with Gasteiger partial charge in [0.15, 0.2) is 0 Å². The molecule has 0 saturated carbocycles. The summed E-state index contributed by atoms with van der Waals surface area (Å²) >= 11 is 0. The van der Waals surface area contributed by atoms with Crippen molar-refractivity contribution < 1.29 is 19.0 Å². The van der Waals surface area contributed by atoms with Gasteiger partial charge in [-0.25, -0.2) is 13.9 Å². The maximum atomic E-state index is 13.5. The number of aromatic nitrogens is 3. The molecule has 0 atom stereocenters. The van der Waals surface area contributed by atoms with Gasteiger partial charge in [0.1, 0.15) is 11.5 Å². The smallest absolute Gasteiger partial charge is 0.340 e. The zero-order valence-corrected chi connectivity index (χ0v) is 11.4. The highest BCUT2D eigenvalue weighted by molar-refractivity contribution is 5.90. The van der Waals surface area contributed by atoms with E-state index in [-0.39, 0.29) is 12.2 Å². The van der Waals surface area contributed by atoms with Crippen molar-refractivity contribution in [1.82, 2.24) is 15.0 Å². The van der Waals surface area contributed by atoms with Gasteiger partial charge in [0.05, 0.1) is 38.6 Å². The molecule has 0 fully saturated rings. The monoisotopic (exact) mass is 294 g/mol. The molecule has 0 aliphatic heterocycles. The first-order chi connectivity index (χ1) is 10.1. The quantitative estimate of drug-likeness (QED) is 0.766. The fourth-order valence-electron chi connectivity index (χ4n) is 1.73. The molecule has 112 valence electrons. The second-order valence-corrected chi connectivity index (χ2v) is 4.24. The maximum Gasteiger partial charge on any atom is 0.340 e. The van der Waals surface area contributed by atoms with Crippen LogP contribution in [-0.4, -0.2) is 39.8 Å². The number of nitrogens with one attached hydrogen (secondary N) is 1. The van der Waals surface area contributed by atoms with E-state index in [2.05, 4.69) is 20.4 Å². The molecule has 0 aliphatic carbocycles. The second-order valence-electron chi connectivity index (χ2n) is 4.24. The lowest BCUT2D eigenvalue weighted by Crippen LogP contribution is -2.06. The molecule has 21 heavy (non-hydrogen) atoms.